The molecule has 3 heterocycles. The molecule has 0 unspecified atom stereocenters. The molecule has 5 aromatic rings. The van der Waals surface area contributed by atoms with Gasteiger partial charge in [-0.15, -0.1) is 11.3 Å². The quantitative estimate of drug-likeness (QED) is 0.224. The maximum absolute atomic E-state index is 5.88. The average molecular weight is 475 g/mol. The molecule has 5 rings (SSSR count). The highest BCUT2D eigenvalue weighted by atomic mass is 79.9. The van der Waals surface area contributed by atoms with Crippen LogP contribution >= 0.6 is 27.3 Å². The molecule has 0 aliphatic rings. The first kappa shape index (κ1) is 18.7. The van der Waals surface area contributed by atoms with Crippen molar-refractivity contribution in [2.45, 2.75) is 0 Å². The lowest BCUT2D eigenvalue weighted by Crippen LogP contribution is -1.95. The summed E-state index contributed by atoms with van der Waals surface area (Å²) in [6.07, 6.45) is 3.19. The van der Waals surface area contributed by atoms with E-state index in [4.69, 9.17) is 4.42 Å². The number of thiophene rings is 1. The van der Waals surface area contributed by atoms with Gasteiger partial charge in [0.1, 0.15) is 22.7 Å². The van der Waals surface area contributed by atoms with Gasteiger partial charge in [-0.2, -0.15) is 5.10 Å². The van der Waals surface area contributed by atoms with Crippen LogP contribution in [0.15, 0.2) is 92.4 Å². The van der Waals surface area contributed by atoms with Gasteiger partial charge in [-0.3, -0.25) is 5.43 Å². The van der Waals surface area contributed by atoms with E-state index in [0.717, 1.165) is 37.1 Å². The van der Waals surface area contributed by atoms with Crippen molar-refractivity contribution in [1.82, 2.24) is 9.97 Å². The van der Waals surface area contributed by atoms with Crippen LogP contribution in [0.3, 0.4) is 0 Å². The summed E-state index contributed by atoms with van der Waals surface area (Å²) >= 11 is 5.03. The van der Waals surface area contributed by atoms with Gasteiger partial charge in [0, 0.05) is 21.0 Å². The summed E-state index contributed by atoms with van der Waals surface area (Å²) in [7, 11) is 0. The molecule has 7 heteroatoms. The highest BCUT2D eigenvalue weighted by Crippen LogP contribution is 2.36. The number of furan rings is 1. The van der Waals surface area contributed by atoms with Crippen molar-refractivity contribution in [1.29, 1.82) is 0 Å². The van der Waals surface area contributed by atoms with Gasteiger partial charge in [-0.25, -0.2) is 9.97 Å². The van der Waals surface area contributed by atoms with Crippen LogP contribution in [0.4, 0.5) is 5.82 Å². The van der Waals surface area contributed by atoms with Crippen LogP contribution in [0, 0.1) is 0 Å². The van der Waals surface area contributed by atoms with E-state index in [0.29, 0.717) is 11.6 Å². The number of hydrogen-bond acceptors (Lipinski definition) is 6. The Morgan fingerprint density at radius 3 is 2.60 bits per heavy atom. The summed E-state index contributed by atoms with van der Waals surface area (Å²) in [5.41, 5.74) is 6.26. The van der Waals surface area contributed by atoms with Crippen molar-refractivity contribution >= 4 is 49.5 Å². The van der Waals surface area contributed by atoms with Crippen molar-refractivity contribution in [3.63, 3.8) is 0 Å². The molecular formula is C23H15BrN4OS. The molecule has 0 radical (unpaired) electrons. The lowest BCUT2D eigenvalue weighted by atomic mass is 10.1. The summed E-state index contributed by atoms with van der Waals surface area (Å²) < 4.78 is 6.91. The van der Waals surface area contributed by atoms with Crippen molar-refractivity contribution in [3.05, 3.63) is 88.7 Å². The second-order valence-corrected chi connectivity index (χ2v) is 8.27. The molecule has 0 atom stereocenters. The van der Waals surface area contributed by atoms with Gasteiger partial charge < -0.3 is 4.42 Å². The van der Waals surface area contributed by atoms with Gasteiger partial charge in [0.2, 0.25) is 0 Å². The van der Waals surface area contributed by atoms with E-state index in [-0.39, 0.29) is 0 Å². The Morgan fingerprint density at radius 2 is 1.77 bits per heavy atom. The Hall–Kier alpha value is -3.29. The first-order chi connectivity index (χ1) is 14.8. The Balaban J connectivity index is 1.40. The first-order valence-electron chi connectivity index (χ1n) is 9.20. The SMILES string of the molecule is Brc1ccc(-c2ccc(C=NNc3ncnc4scc(-c5ccccc5)c34)o2)cc1. The van der Waals surface area contributed by atoms with E-state index in [1.807, 2.05) is 54.6 Å². The molecular weight excluding hydrogens is 460 g/mol. The minimum absolute atomic E-state index is 0.652. The molecule has 0 aliphatic carbocycles. The number of hydrazone groups is 1. The maximum Gasteiger partial charge on any atom is 0.159 e. The van der Waals surface area contributed by atoms with Crippen LogP contribution in [0.1, 0.15) is 5.76 Å². The largest absolute Gasteiger partial charge is 0.455 e. The second-order valence-electron chi connectivity index (χ2n) is 6.50. The third-order valence-electron chi connectivity index (χ3n) is 4.57. The van der Waals surface area contributed by atoms with Crippen LogP contribution in [0.2, 0.25) is 0 Å². The fraction of sp³-hybridized carbons (Fsp3) is 0. The number of nitrogens with one attached hydrogen (secondary N) is 1. The molecule has 0 spiro atoms. The van der Waals surface area contributed by atoms with Crippen molar-refractivity contribution in [2.75, 3.05) is 5.43 Å². The summed E-state index contributed by atoms with van der Waals surface area (Å²) in [4.78, 5) is 9.70. The van der Waals surface area contributed by atoms with Gasteiger partial charge in [0.15, 0.2) is 5.82 Å². The third kappa shape index (κ3) is 3.77. The average Bonchev–Trinajstić information content (AvgIpc) is 3.43. The van der Waals surface area contributed by atoms with Crippen molar-refractivity contribution in [2.24, 2.45) is 5.10 Å². The van der Waals surface area contributed by atoms with E-state index >= 15 is 0 Å². The zero-order chi connectivity index (χ0) is 20.3. The Bertz CT molecular complexity index is 1330. The Kier molecular flexibility index (Phi) is 5.13. The van der Waals surface area contributed by atoms with Gasteiger partial charge in [0.05, 0.1) is 11.6 Å². The van der Waals surface area contributed by atoms with E-state index in [1.54, 1.807) is 23.9 Å². The zero-order valence-corrected chi connectivity index (χ0v) is 18.0. The van der Waals surface area contributed by atoms with E-state index in [2.05, 4.69) is 53.9 Å². The number of anilines is 1. The normalized spacial score (nSPS) is 11.4. The number of aromatic nitrogens is 2. The van der Waals surface area contributed by atoms with Crippen LogP contribution in [0.25, 0.3) is 32.7 Å². The predicted molar refractivity (Wildman–Crippen MR) is 126 cm³/mol. The monoisotopic (exact) mass is 474 g/mol. The molecule has 30 heavy (non-hydrogen) atoms. The Morgan fingerprint density at radius 1 is 0.933 bits per heavy atom. The number of benzene rings is 2. The number of rotatable bonds is 5. The third-order valence-corrected chi connectivity index (χ3v) is 5.99. The number of halogens is 1. The highest BCUT2D eigenvalue weighted by molar-refractivity contribution is 9.10. The van der Waals surface area contributed by atoms with Crippen molar-refractivity contribution in [3.8, 4) is 22.5 Å². The molecule has 0 bridgehead atoms. The molecule has 2 aromatic carbocycles. The zero-order valence-electron chi connectivity index (χ0n) is 15.6. The topological polar surface area (TPSA) is 63.3 Å². The molecule has 0 fully saturated rings. The molecule has 3 aromatic heterocycles. The minimum Gasteiger partial charge on any atom is -0.455 e. The first-order valence-corrected chi connectivity index (χ1v) is 10.9. The van der Waals surface area contributed by atoms with Crippen LogP contribution in [-0.2, 0) is 0 Å². The van der Waals surface area contributed by atoms with Crippen LogP contribution in [-0.4, -0.2) is 16.2 Å². The van der Waals surface area contributed by atoms with Gasteiger partial charge in [-0.05, 0) is 29.8 Å². The molecule has 1 N–H and O–H groups in total. The van der Waals surface area contributed by atoms with Gasteiger partial charge in [0.25, 0.3) is 0 Å². The molecule has 0 saturated carbocycles. The number of fused-ring (bicyclic) bond motifs is 1. The predicted octanol–water partition coefficient (Wildman–Crippen LogP) is 6.83. The van der Waals surface area contributed by atoms with Gasteiger partial charge in [-0.1, -0.05) is 58.4 Å². The van der Waals surface area contributed by atoms with Crippen LogP contribution < -0.4 is 5.43 Å². The lowest BCUT2D eigenvalue weighted by molar-refractivity contribution is 0.575. The summed E-state index contributed by atoms with van der Waals surface area (Å²) in [5.74, 6) is 2.10. The van der Waals surface area contributed by atoms with Crippen LogP contribution in [0.5, 0.6) is 0 Å². The molecule has 146 valence electrons. The molecule has 5 nitrogen and oxygen atoms in total. The Labute approximate surface area is 185 Å². The number of hydrogen-bond donors (Lipinski definition) is 1. The lowest BCUT2D eigenvalue weighted by Gasteiger charge is -2.04. The summed E-state index contributed by atoms with van der Waals surface area (Å²) in [6, 6.07) is 22.0. The fourth-order valence-electron chi connectivity index (χ4n) is 3.14. The highest BCUT2D eigenvalue weighted by Gasteiger charge is 2.12. The maximum atomic E-state index is 5.88. The smallest absolute Gasteiger partial charge is 0.159 e. The standard InChI is InChI=1S/C23H15BrN4OS/c24-17-8-6-16(7-9-17)20-11-10-18(29-20)12-27-28-22-21-19(15-4-2-1-3-5-15)13-30-23(21)26-14-25-22/h1-14H,(H,25,26,28). The van der Waals surface area contributed by atoms with E-state index < -0.39 is 0 Å². The number of nitrogens with zero attached hydrogens (tertiary/aromatic N) is 3. The molecule has 0 amide bonds. The molecule has 0 aliphatic heterocycles. The minimum atomic E-state index is 0.652. The van der Waals surface area contributed by atoms with Crippen molar-refractivity contribution < 1.29 is 4.42 Å². The van der Waals surface area contributed by atoms with E-state index in [9.17, 15) is 0 Å². The summed E-state index contributed by atoms with van der Waals surface area (Å²) in [6.45, 7) is 0. The van der Waals surface area contributed by atoms with Gasteiger partial charge >= 0.3 is 0 Å². The van der Waals surface area contributed by atoms with E-state index in [1.165, 1.54) is 0 Å². The molecule has 0 saturated heterocycles. The second kappa shape index (κ2) is 8.22. The fourth-order valence-corrected chi connectivity index (χ4v) is 4.32. The summed E-state index contributed by atoms with van der Waals surface area (Å²) in [5, 5.41) is 7.39.